The lowest BCUT2D eigenvalue weighted by Gasteiger charge is -2.25. The molecule has 0 unspecified atom stereocenters. The van der Waals surface area contributed by atoms with E-state index < -0.39 is 30.3 Å². The average Bonchev–Trinajstić information content (AvgIpc) is 3.12. The van der Waals surface area contributed by atoms with Crippen LogP contribution in [0.3, 0.4) is 0 Å². The molecule has 2 heterocycles. The van der Waals surface area contributed by atoms with Gasteiger partial charge in [0.1, 0.15) is 18.9 Å². The number of hydrogen-bond donors (Lipinski definition) is 0. The van der Waals surface area contributed by atoms with Crippen molar-refractivity contribution in [2.24, 2.45) is 0 Å². The van der Waals surface area contributed by atoms with Gasteiger partial charge in [0.15, 0.2) is 0 Å². The van der Waals surface area contributed by atoms with Crippen LogP contribution in [0.4, 0.5) is 0 Å². The van der Waals surface area contributed by atoms with Gasteiger partial charge in [0, 0.05) is 5.56 Å². The van der Waals surface area contributed by atoms with Crippen LogP contribution in [-0.2, 0) is 32.1 Å². The first kappa shape index (κ1) is 17.4. The number of ether oxygens (including phenoxy) is 2. The molecule has 0 aliphatic carbocycles. The van der Waals surface area contributed by atoms with Gasteiger partial charge in [-0.15, -0.1) is 0 Å². The largest absolute Gasteiger partial charge is 0.463 e. The van der Waals surface area contributed by atoms with Crippen LogP contribution in [0.15, 0.2) is 40.8 Å². The van der Waals surface area contributed by atoms with Crippen LogP contribution in [0, 0.1) is 0 Å². The van der Waals surface area contributed by atoms with Gasteiger partial charge in [0.2, 0.25) is 11.7 Å². The monoisotopic (exact) mass is 357 g/mol. The molecule has 1 aromatic carbocycles. The van der Waals surface area contributed by atoms with Gasteiger partial charge in [-0.25, -0.2) is 4.79 Å². The lowest BCUT2D eigenvalue weighted by atomic mass is 9.98. The highest BCUT2D eigenvalue weighted by molar-refractivity contribution is 6.11. The van der Waals surface area contributed by atoms with Crippen molar-refractivity contribution < 1.29 is 33.1 Å². The molecule has 0 bridgehead atoms. The molecule has 0 atom stereocenters. The highest BCUT2D eigenvalue weighted by Gasteiger charge is 2.32. The van der Waals surface area contributed by atoms with Crippen LogP contribution in [0.1, 0.15) is 32.2 Å². The summed E-state index contributed by atoms with van der Waals surface area (Å²) in [5.74, 6) is -2.18. The highest BCUT2D eigenvalue weighted by Crippen LogP contribution is 2.19. The number of methoxy groups -OCH3 is 1. The van der Waals surface area contributed by atoms with Crippen LogP contribution in [0.25, 0.3) is 0 Å². The zero-order valence-corrected chi connectivity index (χ0v) is 13.9. The fourth-order valence-corrected chi connectivity index (χ4v) is 2.55. The Balaban J connectivity index is 1.60. The Morgan fingerprint density at radius 2 is 1.92 bits per heavy atom. The molecule has 26 heavy (non-hydrogen) atoms. The second kappa shape index (κ2) is 7.22. The van der Waals surface area contributed by atoms with Crippen LogP contribution < -0.4 is 0 Å². The van der Waals surface area contributed by atoms with E-state index in [-0.39, 0.29) is 24.5 Å². The highest BCUT2D eigenvalue weighted by atomic mass is 16.6. The normalized spacial score (nSPS) is 13.3. The van der Waals surface area contributed by atoms with Crippen molar-refractivity contribution in [2.45, 2.75) is 13.0 Å². The van der Waals surface area contributed by atoms with E-state index in [1.807, 2.05) is 0 Å². The molecule has 2 amide bonds. The molecule has 0 saturated heterocycles. The quantitative estimate of drug-likeness (QED) is 0.587. The summed E-state index contributed by atoms with van der Waals surface area (Å²) >= 11 is 0. The molecule has 1 aliphatic heterocycles. The van der Waals surface area contributed by atoms with Gasteiger partial charge in [-0.3, -0.25) is 19.3 Å². The van der Waals surface area contributed by atoms with Crippen LogP contribution >= 0.6 is 0 Å². The van der Waals surface area contributed by atoms with Gasteiger partial charge in [0.25, 0.3) is 5.91 Å². The van der Waals surface area contributed by atoms with Crippen molar-refractivity contribution in [2.75, 3.05) is 13.7 Å². The van der Waals surface area contributed by atoms with Gasteiger partial charge in [-0.2, -0.15) is 0 Å². The zero-order chi connectivity index (χ0) is 18.7. The Hall–Kier alpha value is -3.42. The van der Waals surface area contributed by atoms with Crippen LogP contribution in [0.5, 0.6) is 0 Å². The molecule has 0 N–H and O–H groups in total. The number of imide groups is 1. The summed E-state index contributed by atoms with van der Waals surface area (Å²) in [5, 5.41) is 0. The standard InChI is InChI=1S/C18H15NO7/c1-24-18(23)14-7-6-12(26-14)10-25-16(21)9-19-15(20)8-11-4-2-3-5-13(11)17(19)22/h2-7H,8-10H2,1H3. The molecule has 0 fully saturated rings. The minimum atomic E-state index is -0.762. The number of furan rings is 1. The lowest BCUT2D eigenvalue weighted by Crippen LogP contribution is -2.45. The summed E-state index contributed by atoms with van der Waals surface area (Å²) in [6.45, 7) is -0.723. The van der Waals surface area contributed by atoms with Gasteiger partial charge in [0.05, 0.1) is 13.5 Å². The van der Waals surface area contributed by atoms with E-state index in [0.29, 0.717) is 11.1 Å². The number of carbonyl (C=O) groups excluding carboxylic acids is 4. The van der Waals surface area contributed by atoms with Crippen molar-refractivity contribution in [1.29, 1.82) is 0 Å². The number of nitrogens with zero attached hydrogens (tertiary/aromatic N) is 1. The van der Waals surface area contributed by atoms with E-state index in [0.717, 1.165) is 4.90 Å². The Bertz CT molecular complexity index is 883. The van der Waals surface area contributed by atoms with Gasteiger partial charge in [-0.05, 0) is 23.8 Å². The molecule has 0 spiro atoms. The summed E-state index contributed by atoms with van der Waals surface area (Å²) < 4.78 is 14.7. The van der Waals surface area contributed by atoms with Crippen molar-refractivity contribution in [3.63, 3.8) is 0 Å². The minimum absolute atomic E-state index is 0.0171. The fraction of sp³-hybridized carbons (Fsp3) is 0.222. The number of hydrogen-bond acceptors (Lipinski definition) is 7. The third-order valence-electron chi connectivity index (χ3n) is 3.85. The molecule has 134 valence electrons. The van der Waals surface area contributed by atoms with Gasteiger partial charge >= 0.3 is 11.9 Å². The summed E-state index contributed by atoms with van der Waals surface area (Å²) in [6.07, 6.45) is 0.0515. The minimum Gasteiger partial charge on any atom is -0.463 e. The van der Waals surface area contributed by atoms with Crippen molar-refractivity contribution in [1.82, 2.24) is 4.90 Å². The summed E-state index contributed by atoms with van der Waals surface area (Å²) in [5.41, 5.74) is 1.03. The maximum atomic E-state index is 12.4. The van der Waals surface area contributed by atoms with Gasteiger partial charge in [-0.1, -0.05) is 18.2 Å². The molecular formula is C18H15NO7. The molecule has 2 aromatic rings. The first-order valence-electron chi connectivity index (χ1n) is 7.75. The summed E-state index contributed by atoms with van der Waals surface area (Å²) in [6, 6.07) is 9.61. The predicted molar refractivity (Wildman–Crippen MR) is 86.0 cm³/mol. The Morgan fingerprint density at radius 3 is 2.69 bits per heavy atom. The third kappa shape index (κ3) is 3.49. The summed E-state index contributed by atoms with van der Waals surface area (Å²) in [4.78, 5) is 48.6. The number of amides is 2. The van der Waals surface area contributed by atoms with E-state index in [1.165, 1.54) is 19.2 Å². The molecule has 1 aliphatic rings. The molecule has 0 radical (unpaired) electrons. The first-order chi connectivity index (χ1) is 12.5. The van der Waals surface area contributed by atoms with E-state index in [9.17, 15) is 19.2 Å². The number of benzene rings is 1. The van der Waals surface area contributed by atoms with Gasteiger partial charge < -0.3 is 13.9 Å². The maximum Gasteiger partial charge on any atom is 0.373 e. The molecule has 0 saturated carbocycles. The van der Waals surface area contributed by atoms with E-state index in [2.05, 4.69) is 4.74 Å². The first-order valence-corrected chi connectivity index (χ1v) is 7.75. The second-order valence-electron chi connectivity index (χ2n) is 5.54. The fourth-order valence-electron chi connectivity index (χ4n) is 2.55. The molecule has 1 aromatic heterocycles. The maximum absolute atomic E-state index is 12.4. The van der Waals surface area contributed by atoms with E-state index in [1.54, 1.807) is 24.3 Å². The zero-order valence-electron chi connectivity index (χ0n) is 13.9. The summed E-state index contributed by atoms with van der Waals surface area (Å²) in [7, 11) is 1.22. The smallest absolute Gasteiger partial charge is 0.373 e. The topological polar surface area (TPSA) is 103 Å². The molecule has 8 heteroatoms. The lowest BCUT2D eigenvalue weighted by molar-refractivity contribution is -0.149. The van der Waals surface area contributed by atoms with Crippen molar-refractivity contribution in [3.05, 3.63) is 59.0 Å². The third-order valence-corrected chi connectivity index (χ3v) is 3.85. The SMILES string of the molecule is COC(=O)c1ccc(COC(=O)CN2C(=O)Cc3ccccc3C2=O)o1. The Morgan fingerprint density at radius 1 is 1.15 bits per heavy atom. The predicted octanol–water partition coefficient (Wildman–Crippen LogP) is 1.33. The average molecular weight is 357 g/mol. The van der Waals surface area contributed by atoms with Crippen molar-refractivity contribution >= 4 is 23.8 Å². The molecular weight excluding hydrogens is 342 g/mol. The molecule has 8 nitrogen and oxygen atoms in total. The number of rotatable bonds is 5. The number of esters is 2. The number of carbonyl (C=O) groups is 4. The van der Waals surface area contributed by atoms with Crippen molar-refractivity contribution in [3.8, 4) is 0 Å². The van der Waals surface area contributed by atoms with E-state index >= 15 is 0 Å². The van der Waals surface area contributed by atoms with Crippen LogP contribution in [0.2, 0.25) is 0 Å². The van der Waals surface area contributed by atoms with E-state index in [4.69, 9.17) is 9.15 Å². The molecule has 3 rings (SSSR count). The number of fused-ring (bicyclic) bond motifs is 1. The van der Waals surface area contributed by atoms with Crippen LogP contribution in [-0.4, -0.2) is 42.3 Å². The Labute approximate surface area is 148 Å². The second-order valence-corrected chi connectivity index (χ2v) is 5.54. The Kier molecular flexibility index (Phi) is 4.83.